The lowest BCUT2D eigenvalue weighted by molar-refractivity contribution is -0.116. The molecule has 1 amide bonds. The molecule has 0 saturated carbocycles. The van der Waals surface area contributed by atoms with Crippen molar-refractivity contribution >= 4 is 39.1 Å². The lowest BCUT2D eigenvalue weighted by Crippen LogP contribution is -2.16. The molecular formula is C22H23N3O4S. The third kappa shape index (κ3) is 4.14. The van der Waals surface area contributed by atoms with Crippen LogP contribution in [0.2, 0.25) is 0 Å². The van der Waals surface area contributed by atoms with E-state index in [0.717, 1.165) is 36.1 Å². The van der Waals surface area contributed by atoms with Gasteiger partial charge in [0, 0.05) is 17.7 Å². The second-order valence-electron chi connectivity index (χ2n) is 7.34. The number of fused-ring (bicyclic) bond motifs is 2. The first-order valence-electron chi connectivity index (χ1n) is 10.1. The zero-order valence-corrected chi connectivity index (χ0v) is 17.6. The highest BCUT2D eigenvalue weighted by Crippen LogP contribution is 2.38. The van der Waals surface area contributed by atoms with Crippen LogP contribution < -0.4 is 10.9 Å². The van der Waals surface area contributed by atoms with E-state index in [1.807, 2.05) is 6.07 Å². The molecule has 0 fully saturated rings. The van der Waals surface area contributed by atoms with Crippen LogP contribution in [0.1, 0.15) is 52.3 Å². The van der Waals surface area contributed by atoms with E-state index >= 15 is 0 Å². The van der Waals surface area contributed by atoms with E-state index in [1.54, 1.807) is 18.2 Å². The minimum absolute atomic E-state index is 0.165. The number of hydrogen-bond acceptors (Lipinski definition) is 6. The zero-order chi connectivity index (χ0) is 21.1. The van der Waals surface area contributed by atoms with Gasteiger partial charge < -0.3 is 15.0 Å². The Labute approximate surface area is 177 Å². The Kier molecular flexibility index (Phi) is 5.94. The molecule has 1 aliphatic carbocycles. The molecule has 0 unspecified atom stereocenters. The summed E-state index contributed by atoms with van der Waals surface area (Å²) in [5.41, 5.74) is 2.00. The number of rotatable bonds is 6. The largest absolute Gasteiger partial charge is 0.465 e. The number of benzene rings is 1. The molecule has 156 valence electrons. The summed E-state index contributed by atoms with van der Waals surface area (Å²) < 4.78 is 4.94. The Morgan fingerprint density at radius 2 is 2.03 bits per heavy atom. The fraction of sp³-hybridized carbons (Fsp3) is 0.364. The number of esters is 1. The van der Waals surface area contributed by atoms with Gasteiger partial charge in [0.25, 0.3) is 5.56 Å². The van der Waals surface area contributed by atoms with Gasteiger partial charge in [-0.3, -0.25) is 9.59 Å². The number of aromatic amines is 1. The first-order chi connectivity index (χ1) is 14.6. The van der Waals surface area contributed by atoms with Gasteiger partial charge in [-0.15, -0.1) is 11.3 Å². The van der Waals surface area contributed by atoms with Crippen molar-refractivity contribution in [3.63, 3.8) is 0 Å². The van der Waals surface area contributed by atoms with E-state index in [0.29, 0.717) is 40.1 Å². The van der Waals surface area contributed by atoms with Crippen molar-refractivity contribution in [3.05, 3.63) is 56.4 Å². The summed E-state index contributed by atoms with van der Waals surface area (Å²) in [6.07, 6.45) is 5.19. The second-order valence-corrected chi connectivity index (χ2v) is 8.44. The maximum atomic E-state index is 12.5. The van der Waals surface area contributed by atoms with E-state index in [9.17, 15) is 14.4 Å². The van der Waals surface area contributed by atoms with Gasteiger partial charge in [0.1, 0.15) is 10.8 Å². The molecule has 0 spiro atoms. The van der Waals surface area contributed by atoms with Gasteiger partial charge >= 0.3 is 5.97 Å². The molecular weight excluding hydrogens is 402 g/mol. The van der Waals surface area contributed by atoms with Crippen molar-refractivity contribution in [2.24, 2.45) is 0 Å². The molecule has 2 N–H and O–H groups in total. The molecule has 30 heavy (non-hydrogen) atoms. The average molecular weight is 426 g/mol. The summed E-state index contributed by atoms with van der Waals surface area (Å²) in [7, 11) is 1.36. The summed E-state index contributed by atoms with van der Waals surface area (Å²) in [6.45, 7) is 0. The topological polar surface area (TPSA) is 101 Å². The van der Waals surface area contributed by atoms with Crippen molar-refractivity contribution in [1.82, 2.24) is 9.97 Å². The number of amides is 1. The molecule has 4 rings (SSSR count). The van der Waals surface area contributed by atoms with E-state index in [2.05, 4.69) is 15.3 Å². The van der Waals surface area contributed by atoms with Crippen LogP contribution >= 0.6 is 11.3 Å². The number of anilines is 1. The first kappa shape index (κ1) is 20.3. The number of para-hydroxylation sites is 1. The maximum absolute atomic E-state index is 12.5. The van der Waals surface area contributed by atoms with Crippen molar-refractivity contribution < 1.29 is 14.3 Å². The summed E-state index contributed by atoms with van der Waals surface area (Å²) in [5, 5.41) is 4.03. The molecule has 1 aliphatic rings. The normalized spacial score (nSPS) is 13.1. The quantitative estimate of drug-likeness (QED) is 0.588. The predicted molar refractivity (Wildman–Crippen MR) is 116 cm³/mol. The third-order valence-electron chi connectivity index (χ3n) is 5.29. The number of nitrogens with zero attached hydrogens (tertiary/aromatic N) is 1. The van der Waals surface area contributed by atoms with Gasteiger partial charge in [0.15, 0.2) is 0 Å². The van der Waals surface area contributed by atoms with Crippen LogP contribution in [-0.4, -0.2) is 29.0 Å². The van der Waals surface area contributed by atoms with E-state index in [1.165, 1.54) is 18.4 Å². The van der Waals surface area contributed by atoms with Crippen LogP contribution in [0, 0.1) is 0 Å². The van der Waals surface area contributed by atoms with Crippen LogP contribution in [0.4, 0.5) is 5.00 Å². The van der Waals surface area contributed by atoms with E-state index < -0.39 is 5.97 Å². The molecule has 0 atom stereocenters. The summed E-state index contributed by atoms with van der Waals surface area (Å²) in [6, 6.07) is 7.17. The second kappa shape index (κ2) is 8.79. The molecule has 2 heterocycles. The van der Waals surface area contributed by atoms with E-state index in [4.69, 9.17) is 4.74 Å². The molecule has 0 bridgehead atoms. The number of thiophene rings is 1. The summed E-state index contributed by atoms with van der Waals surface area (Å²) in [4.78, 5) is 45.3. The van der Waals surface area contributed by atoms with Crippen LogP contribution in [-0.2, 0) is 28.8 Å². The SMILES string of the molecule is COC(=O)c1c(NC(=O)CCCc2nc3ccccc3c(=O)[nH]2)sc2c1CCCC2. The molecule has 0 saturated heterocycles. The highest BCUT2D eigenvalue weighted by Gasteiger charge is 2.26. The number of hydrogen-bond donors (Lipinski definition) is 2. The van der Waals surface area contributed by atoms with Gasteiger partial charge in [-0.25, -0.2) is 9.78 Å². The number of carbonyl (C=O) groups is 2. The summed E-state index contributed by atoms with van der Waals surface area (Å²) >= 11 is 1.47. The molecule has 7 nitrogen and oxygen atoms in total. The Morgan fingerprint density at radius 1 is 1.23 bits per heavy atom. The minimum Gasteiger partial charge on any atom is -0.465 e. The highest BCUT2D eigenvalue weighted by molar-refractivity contribution is 7.17. The fourth-order valence-electron chi connectivity index (χ4n) is 3.83. The lowest BCUT2D eigenvalue weighted by atomic mass is 9.95. The number of aromatic nitrogens is 2. The van der Waals surface area contributed by atoms with Crippen molar-refractivity contribution in [2.45, 2.75) is 44.9 Å². The Hall–Kier alpha value is -3.00. The minimum atomic E-state index is -0.400. The average Bonchev–Trinajstić information content (AvgIpc) is 3.11. The standard InChI is InChI=1S/C22H23N3O4S/c1-29-22(28)19-14-8-3-5-10-16(14)30-21(19)25-18(26)12-6-11-17-23-15-9-4-2-7-13(15)20(27)24-17/h2,4,7,9H,3,5-6,8,10-12H2,1H3,(H,25,26)(H,23,24,27). The highest BCUT2D eigenvalue weighted by atomic mass is 32.1. The Bertz CT molecular complexity index is 1160. The Balaban J connectivity index is 1.42. The van der Waals surface area contributed by atoms with Gasteiger partial charge in [0.05, 0.1) is 23.6 Å². The summed E-state index contributed by atoms with van der Waals surface area (Å²) in [5.74, 6) is -0.00198. The zero-order valence-electron chi connectivity index (χ0n) is 16.7. The van der Waals surface area contributed by atoms with Crippen LogP contribution in [0.25, 0.3) is 10.9 Å². The van der Waals surface area contributed by atoms with Crippen molar-refractivity contribution in [3.8, 4) is 0 Å². The molecule has 3 aromatic rings. The number of ether oxygens (including phenoxy) is 1. The van der Waals surface area contributed by atoms with Crippen LogP contribution in [0.5, 0.6) is 0 Å². The molecule has 1 aromatic carbocycles. The van der Waals surface area contributed by atoms with Crippen LogP contribution in [0.15, 0.2) is 29.1 Å². The van der Waals surface area contributed by atoms with Gasteiger partial charge in [-0.2, -0.15) is 0 Å². The van der Waals surface area contributed by atoms with Crippen LogP contribution in [0.3, 0.4) is 0 Å². The maximum Gasteiger partial charge on any atom is 0.341 e. The van der Waals surface area contributed by atoms with Crippen molar-refractivity contribution in [1.29, 1.82) is 0 Å². The number of nitrogens with one attached hydrogen (secondary N) is 2. The number of methoxy groups -OCH3 is 1. The monoisotopic (exact) mass is 425 g/mol. The number of aryl methyl sites for hydroxylation is 2. The molecule has 2 aromatic heterocycles. The van der Waals surface area contributed by atoms with E-state index in [-0.39, 0.29) is 17.9 Å². The lowest BCUT2D eigenvalue weighted by Gasteiger charge is -2.11. The third-order valence-corrected chi connectivity index (χ3v) is 6.50. The molecule has 8 heteroatoms. The number of carbonyl (C=O) groups excluding carboxylic acids is 2. The fourth-order valence-corrected chi connectivity index (χ4v) is 5.12. The molecule has 0 radical (unpaired) electrons. The first-order valence-corrected chi connectivity index (χ1v) is 10.9. The van der Waals surface area contributed by atoms with Gasteiger partial charge in [0.2, 0.25) is 5.91 Å². The smallest absolute Gasteiger partial charge is 0.341 e. The van der Waals surface area contributed by atoms with Crippen molar-refractivity contribution in [2.75, 3.05) is 12.4 Å². The van der Waals surface area contributed by atoms with Gasteiger partial charge in [-0.1, -0.05) is 12.1 Å². The van der Waals surface area contributed by atoms with Gasteiger partial charge in [-0.05, 0) is 49.8 Å². The number of H-pyrrole nitrogens is 1. The predicted octanol–water partition coefficient (Wildman–Crippen LogP) is 3.61. The Morgan fingerprint density at radius 3 is 2.87 bits per heavy atom. The molecule has 0 aliphatic heterocycles.